The predicted molar refractivity (Wildman–Crippen MR) is 59.0 cm³/mol. The van der Waals surface area contributed by atoms with Crippen LogP contribution in [0.15, 0.2) is 12.3 Å². The number of nitrogens with zero attached hydrogens (tertiary/aromatic N) is 3. The first kappa shape index (κ1) is 11.1. The molecule has 0 saturated carbocycles. The molecule has 0 atom stereocenters. The van der Waals surface area contributed by atoms with Crippen LogP contribution < -0.4 is 0 Å². The molecule has 1 saturated heterocycles. The Hall–Kier alpha value is -1.36. The summed E-state index contributed by atoms with van der Waals surface area (Å²) in [6, 6.07) is 2.37. The zero-order valence-electron chi connectivity index (χ0n) is 9.63. The maximum Gasteiger partial charge on any atom is 0.309 e. The smallest absolute Gasteiger partial charge is 0.309 e. The van der Waals surface area contributed by atoms with Crippen molar-refractivity contribution in [2.24, 2.45) is 5.92 Å². The monoisotopic (exact) mass is 223 g/mol. The van der Waals surface area contributed by atoms with Gasteiger partial charge >= 0.3 is 5.97 Å². The summed E-state index contributed by atoms with van der Waals surface area (Å²) < 4.78 is 1.92. The van der Waals surface area contributed by atoms with Crippen LogP contribution in [0.25, 0.3) is 0 Å². The van der Waals surface area contributed by atoms with E-state index >= 15 is 0 Å². The van der Waals surface area contributed by atoms with E-state index in [2.05, 4.69) is 23.8 Å². The van der Waals surface area contributed by atoms with Crippen molar-refractivity contribution in [2.75, 3.05) is 13.1 Å². The molecule has 0 bridgehead atoms. The van der Waals surface area contributed by atoms with Crippen LogP contribution in [0.4, 0.5) is 0 Å². The van der Waals surface area contributed by atoms with Gasteiger partial charge in [-0.3, -0.25) is 14.4 Å². The van der Waals surface area contributed by atoms with Crippen LogP contribution >= 0.6 is 0 Å². The molecule has 1 aromatic rings. The lowest BCUT2D eigenvalue weighted by Gasteiger charge is -2.35. The maximum absolute atomic E-state index is 10.6. The van der Waals surface area contributed by atoms with E-state index in [0.717, 1.165) is 12.2 Å². The molecule has 0 spiro atoms. The number of likely N-dealkylation sites (tertiary alicyclic amines) is 1. The first-order valence-electron chi connectivity index (χ1n) is 5.55. The van der Waals surface area contributed by atoms with Gasteiger partial charge in [0.05, 0.1) is 11.6 Å². The van der Waals surface area contributed by atoms with Crippen molar-refractivity contribution in [1.29, 1.82) is 0 Å². The summed E-state index contributed by atoms with van der Waals surface area (Å²) >= 11 is 0. The van der Waals surface area contributed by atoms with Crippen LogP contribution in [0.3, 0.4) is 0 Å². The molecular weight excluding hydrogens is 206 g/mol. The van der Waals surface area contributed by atoms with Gasteiger partial charge in [0.2, 0.25) is 0 Å². The molecule has 2 heterocycles. The van der Waals surface area contributed by atoms with Gasteiger partial charge in [-0.1, -0.05) is 0 Å². The molecule has 2 rings (SSSR count). The Balaban J connectivity index is 1.84. The largest absolute Gasteiger partial charge is 0.481 e. The lowest BCUT2D eigenvalue weighted by atomic mass is 10.0. The highest BCUT2D eigenvalue weighted by atomic mass is 16.4. The Bertz CT molecular complexity index is 380. The summed E-state index contributed by atoms with van der Waals surface area (Å²) in [5, 5.41) is 13.2. The zero-order valence-corrected chi connectivity index (χ0v) is 9.63. The molecule has 1 fully saturated rings. The van der Waals surface area contributed by atoms with Crippen molar-refractivity contribution < 1.29 is 9.90 Å². The molecular formula is C11H17N3O2. The maximum atomic E-state index is 10.6. The van der Waals surface area contributed by atoms with Crippen LogP contribution in [0.1, 0.15) is 25.6 Å². The fourth-order valence-corrected chi connectivity index (χ4v) is 1.83. The SMILES string of the molecule is CC(C)n1ccc(CN2CC(C(=O)O)C2)n1. The molecule has 1 aliphatic rings. The summed E-state index contributed by atoms with van der Waals surface area (Å²) in [6.07, 6.45) is 1.97. The third-order valence-electron chi connectivity index (χ3n) is 2.88. The number of carboxylic acid groups (broad SMARTS) is 1. The first-order valence-corrected chi connectivity index (χ1v) is 5.55. The number of carbonyl (C=O) groups is 1. The highest BCUT2D eigenvalue weighted by Crippen LogP contribution is 2.18. The van der Waals surface area contributed by atoms with Gasteiger partial charge in [0.15, 0.2) is 0 Å². The van der Waals surface area contributed by atoms with Crippen LogP contribution in [-0.2, 0) is 11.3 Å². The molecule has 1 N–H and O–H groups in total. The molecule has 5 nitrogen and oxygen atoms in total. The Labute approximate surface area is 94.7 Å². The number of hydrogen-bond donors (Lipinski definition) is 1. The second kappa shape index (κ2) is 4.25. The minimum Gasteiger partial charge on any atom is -0.481 e. The molecule has 88 valence electrons. The van der Waals surface area contributed by atoms with Gasteiger partial charge in [-0.25, -0.2) is 0 Å². The third-order valence-corrected chi connectivity index (χ3v) is 2.88. The van der Waals surface area contributed by atoms with E-state index in [0.29, 0.717) is 19.1 Å². The average Bonchev–Trinajstić information content (AvgIpc) is 2.58. The molecule has 0 amide bonds. The Morgan fingerprint density at radius 2 is 2.31 bits per heavy atom. The minimum absolute atomic E-state index is 0.188. The Morgan fingerprint density at radius 3 is 2.81 bits per heavy atom. The van der Waals surface area contributed by atoms with Crippen molar-refractivity contribution in [3.63, 3.8) is 0 Å². The summed E-state index contributed by atoms with van der Waals surface area (Å²) in [5.41, 5.74) is 1.01. The van der Waals surface area contributed by atoms with Gasteiger partial charge in [-0.2, -0.15) is 5.10 Å². The van der Waals surface area contributed by atoms with Crippen molar-refractivity contribution in [3.8, 4) is 0 Å². The second-order valence-corrected chi connectivity index (χ2v) is 4.61. The van der Waals surface area contributed by atoms with E-state index < -0.39 is 5.97 Å². The Morgan fingerprint density at radius 1 is 1.62 bits per heavy atom. The van der Waals surface area contributed by atoms with E-state index in [1.165, 1.54) is 0 Å². The second-order valence-electron chi connectivity index (χ2n) is 4.61. The van der Waals surface area contributed by atoms with Crippen molar-refractivity contribution >= 4 is 5.97 Å². The lowest BCUT2D eigenvalue weighted by molar-refractivity contribution is -0.147. The fourth-order valence-electron chi connectivity index (χ4n) is 1.83. The van der Waals surface area contributed by atoms with Gasteiger partial charge in [0.25, 0.3) is 0 Å². The van der Waals surface area contributed by atoms with Gasteiger partial charge in [0.1, 0.15) is 0 Å². The molecule has 1 aromatic heterocycles. The number of aromatic nitrogens is 2. The van der Waals surface area contributed by atoms with E-state index in [1.807, 2.05) is 16.9 Å². The van der Waals surface area contributed by atoms with Crippen molar-refractivity contribution in [2.45, 2.75) is 26.4 Å². The minimum atomic E-state index is -0.691. The quantitative estimate of drug-likeness (QED) is 0.826. The number of carboxylic acids is 1. The number of hydrogen-bond acceptors (Lipinski definition) is 3. The number of aliphatic carboxylic acids is 1. The predicted octanol–water partition coefficient (Wildman–Crippen LogP) is 0.980. The van der Waals surface area contributed by atoms with Crippen LogP contribution in [0.5, 0.6) is 0 Å². The average molecular weight is 223 g/mol. The number of rotatable bonds is 4. The van der Waals surface area contributed by atoms with Crippen LogP contribution in [0.2, 0.25) is 0 Å². The van der Waals surface area contributed by atoms with Crippen LogP contribution in [-0.4, -0.2) is 38.8 Å². The molecule has 0 unspecified atom stereocenters. The summed E-state index contributed by atoms with van der Waals surface area (Å²) in [5.74, 6) is -0.879. The van der Waals surface area contributed by atoms with Gasteiger partial charge < -0.3 is 5.11 Å². The molecule has 0 aliphatic carbocycles. The van der Waals surface area contributed by atoms with Crippen molar-refractivity contribution in [1.82, 2.24) is 14.7 Å². The van der Waals surface area contributed by atoms with Crippen molar-refractivity contribution in [3.05, 3.63) is 18.0 Å². The molecule has 0 radical (unpaired) electrons. The first-order chi connectivity index (χ1) is 7.56. The summed E-state index contributed by atoms with van der Waals surface area (Å²) in [7, 11) is 0. The topological polar surface area (TPSA) is 58.4 Å². The molecule has 16 heavy (non-hydrogen) atoms. The standard InChI is InChI=1S/C11H17N3O2/c1-8(2)14-4-3-10(12-14)7-13-5-9(6-13)11(15)16/h3-4,8-9H,5-7H2,1-2H3,(H,15,16). The highest BCUT2D eigenvalue weighted by molar-refractivity contribution is 5.71. The third kappa shape index (κ3) is 2.24. The van der Waals surface area contributed by atoms with Gasteiger partial charge in [-0.15, -0.1) is 0 Å². The van der Waals surface area contributed by atoms with E-state index in [-0.39, 0.29) is 5.92 Å². The zero-order chi connectivity index (χ0) is 11.7. The van der Waals surface area contributed by atoms with E-state index in [9.17, 15) is 4.79 Å². The molecule has 5 heteroatoms. The Kier molecular flexibility index (Phi) is 2.96. The lowest BCUT2D eigenvalue weighted by Crippen LogP contribution is -2.49. The molecule has 0 aromatic carbocycles. The molecule has 1 aliphatic heterocycles. The van der Waals surface area contributed by atoms with E-state index in [1.54, 1.807) is 0 Å². The normalized spacial score (nSPS) is 17.7. The van der Waals surface area contributed by atoms with E-state index in [4.69, 9.17) is 5.11 Å². The van der Waals surface area contributed by atoms with Gasteiger partial charge in [0, 0.05) is 31.9 Å². The van der Waals surface area contributed by atoms with Crippen LogP contribution in [0, 0.1) is 5.92 Å². The summed E-state index contributed by atoms with van der Waals surface area (Å²) in [4.78, 5) is 12.7. The highest BCUT2D eigenvalue weighted by Gasteiger charge is 2.32. The van der Waals surface area contributed by atoms with Gasteiger partial charge in [-0.05, 0) is 19.9 Å². The fraction of sp³-hybridized carbons (Fsp3) is 0.636. The summed E-state index contributed by atoms with van der Waals surface area (Å²) in [6.45, 7) is 6.21.